The van der Waals surface area contributed by atoms with E-state index in [4.69, 9.17) is 0 Å². The smallest absolute Gasteiger partial charge is 0.319 e. The highest BCUT2D eigenvalue weighted by molar-refractivity contribution is 5.76. The van der Waals surface area contributed by atoms with Gasteiger partial charge >= 0.3 is 12.0 Å². The van der Waals surface area contributed by atoms with E-state index >= 15 is 0 Å². The molecule has 0 aromatic rings. The number of hydrogen-bond donors (Lipinski definition) is 2. The summed E-state index contributed by atoms with van der Waals surface area (Å²) in [7, 11) is 3.34. The van der Waals surface area contributed by atoms with Gasteiger partial charge in [-0.05, 0) is 26.7 Å². The third-order valence-corrected chi connectivity index (χ3v) is 3.94. The summed E-state index contributed by atoms with van der Waals surface area (Å²) in [5.74, 6) is -1.02. The van der Waals surface area contributed by atoms with Crippen molar-refractivity contribution in [3.8, 4) is 0 Å². The molecule has 1 aliphatic rings. The molecule has 0 aliphatic carbocycles. The van der Waals surface area contributed by atoms with Crippen molar-refractivity contribution >= 4 is 12.0 Å². The molecule has 6 heteroatoms. The van der Waals surface area contributed by atoms with E-state index in [2.05, 4.69) is 0 Å². The second-order valence-electron chi connectivity index (χ2n) is 5.63. The summed E-state index contributed by atoms with van der Waals surface area (Å²) >= 11 is 0. The molecule has 104 valence electrons. The number of carboxylic acids is 1. The lowest BCUT2D eigenvalue weighted by atomic mass is 9.69. The molecule has 1 fully saturated rings. The van der Waals surface area contributed by atoms with Crippen molar-refractivity contribution < 1.29 is 19.8 Å². The summed E-state index contributed by atoms with van der Waals surface area (Å²) in [6, 6.07) is -0.106. The fraction of sp³-hybridized carbons (Fsp3) is 0.833. The molecule has 2 N–H and O–H groups in total. The van der Waals surface area contributed by atoms with Gasteiger partial charge in [-0.3, -0.25) is 4.79 Å². The molecule has 1 saturated heterocycles. The molecular formula is C12H22N2O4. The molecule has 0 unspecified atom stereocenters. The summed E-state index contributed by atoms with van der Waals surface area (Å²) in [5, 5.41) is 19.6. The third kappa shape index (κ3) is 2.43. The monoisotopic (exact) mass is 258 g/mol. The number of nitrogens with zero attached hydrogens (tertiary/aromatic N) is 2. The van der Waals surface area contributed by atoms with Crippen LogP contribution < -0.4 is 0 Å². The Morgan fingerprint density at radius 1 is 1.22 bits per heavy atom. The van der Waals surface area contributed by atoms with Crippen LogP contribution in [0.4, 0.5) is 4.79 Å². The Balaban J connectivity index is 2.74. The molecule has 1 heterocycles. The topological polar surface area (TPSA) is 81.1 Å². The maximum absolute atomic E-state index is 11.7. The maximum Gasteiger partial charge on any atom is 0.319 e. The number of carbonyl (C=O) groups is 2. The third-order valence-electron chi connectivity index (χ3n) is 3.94. The molecule has 0 aromatic carbocycles. The van der Waals surface area contributed by atoms with Crippen molar-refractivity contribution in [2.75, 3.05) is 27.2 Å². The molecule has 0 aromatic heterocycles. The predicted molar refractivity (Wildman–Crippen MR) is 66.3 cm³/mol. The average Bonchev–Trinajstić information content (AvgIpc) is 2.28. The van der Waals surface area contributed by atoms with Gasteiger partial charge in [0, 0.05) is 27.2 Å². The number of piperidine rings is 1. The summed E-state index contributed by atoms with van der Waals surface area (Å²) in [6.07, 6.45) is 0.567. The molecule has 0 atom stereocenters. The lowest BCUT2D eigenvalue weighted by Crippen LogP contribution is -2.57. The number of urea groups is 1. The van der Waals surface area contributed by atoms with Crippen LogP contribution in [0.25, 0.3) is 0 Å². The zero-order valence-corrected chi connectivity index (χ0v) is 11.4. The Bertz CT molecular complexity index is 344. The molecule has 6 nitrogen and oxygen atoms in total. The zero-order chi connectivity index (χ0) is 14.1. The van der Waals surface area contributed by atoms with Crippen LogP contribution in [-0.2, 0) is 4.79 Å². The van der Waals surface area contributed by atoms with Gasteiger partial charge in [0.1, 0.15) is 0 Å². The number of aliphatic hydroxyl groups is 1. The molecule has 0 radical (unpaired) electrons. The Hall–Kier alpha value is -1.30. The van der Waals surface area contributed by atoms with Gasteiger partial charge in [0.05, 0.1) is 11.0 Å². The molecule has 2 amide bonds. The van der Waals surface area contributed by atoms with Crippen molar-refractivity contribution in [1.29, 1.82) is 0 Å². The van der Waals surface area contributed by atoms with Crippen molar-refractivity contribution in [2.24, 2.45) is 5.41 Å². The second-order valence-corrected chi connectivity index (χ2v) is 5.63. The van der Waals surface area contributed by atoms with Crippen molar-refractivity contribution in [1.82, 2.24) is 9.80 Å². The van der Waals surface area contributed by atoms with Crippen LogP contribution in [0.2, 0.25) is 0 Å². The second kappa shape index (κ2) is 4.76. The van der Waals surface area contributed by atoms with Gasteiger partial charge in [-0.25, -0.2) is 4.79 Å². The van der Waals surface area contributed by atoms with Gasteiger partial charge in [-0.1, -0.05) is 0 Å². The lowest BCUT2D eigenvalue weighted by molar-refractivity contribution is -0.170. The van der Waals surface area contributed by atoms with E-state index in [1.807, 2.05) is 0 Å². The van der Waals surface area contributed by atoms with Gasteiger partial charge < -0.3 is 20.0 Å². The van der Waals surface area contributed by atoms with E-state index in [1.54, 1.807) is 19.0 Å². The molecular weight excluding hydrogens is 236 g/mol. The van der Waals surface area contributed by atoms with Gasteiger partial charge in [0.2, 0.25) is 0 Å². The van der Waals surface area contributed by atoms with E-state index in [0.717, 1.165) is 0 Å². The largest absolute Gasteiger partial charge is 0.481 e. The first-order valence-corrected chi connectivity index (χ1v) is 6.04. The number of amides is 2. The Kier molecular flexibility index (Phi) is 3.90. The maximum atomic E-state index is 11.7. The highest BCUT2D eigenvalue weighted by Crippen LogP contribution is 2.39. The van der Waals surface area contributed by atoms with Crippen LogP contribution in [0.3, 0.4) is 0 Å². The van der Waals surface area contributed by atoms with Crippen molar-refractivity contribution in [3.05, 3.63) is 0 Å². The molecule has 18 heavy (non-hydrogen) atoms. The van der Waals surface area contributed by atoms with Crippen molar-refractivity contribution in [3.63, 3.8) is 0 Å². The van der Waals surface area contributed by atoms with Crippen LogP contribution in [-0.4, -0.2) is 64.8 Å². The first kappa shape index (κ1) is 14.8. The number of carboxylic acid groups (broad SMARTS) is 1. The number of hydrogen-bond acceptors (Lipinski definition) is 3. The summed E-state index contributed by atoms with van der Waals surface area (Å²) in [4.78, 5) is 26.1. The minimum Gasteiger partial charge on any atom is -0.481 e. The first-order valence-electron chi connectivity index (χ1n) is 6.04. The van der Waals surface area contributed by atoms with Crippen LogP contribution >= 0.6 is 0 Å². The number of aliphatic carboxylic acids is 1. The number of rotatable bonds is 2. The van der Waals surface area contributed by atoms with Gasteiger partial charge in [-0.15, -0.1) is 0 Å². The highest BCUT2D eigenvalue weighted by atomic mass is 16.4. The summed E-state index contributed by atoms with van der Waals surface area (Å²) in [5.41, 5.74) is -2.47. The fourth-order valence-electron chi connectivity index (χ4n) is 2.17. The van der Waals surface area contributed by atoms with E-state index in [-0.39, 0.29) is 18.9 Å². The van der Waals surface area contributed by atoms with Crippen LogP contribution in [0, 0.1) is 5.41 Å². The van der Waals surface area contributed by atoms with Crippen molar-refractivity contribution in [2.45, 2.75) is 32.3 Å². The normalized spacial score (nSPS) is 19.5. The molecule has 0 bridgehead atoms. The standard InChI is InChI=1S/C12H22N2O4/c1-11(2,9(15)16)12(18)5-7-14(8-6-12)10(17)13(3)4/h18H,5-8H2,1-4H3,(H,15,16). The number of likely N-dealkylation sites (tertiary alicyclic amines) is 1. The quantitative estimate of drug-likeness (QED) is 0.760. The average molecular weight is 258 g/mol. The fourth-order valence-corrected chi connectivity index (χ4v) is 2.17. The zero-order valence-electron chi connectivity index (χ0n) is 11.4. The van der Waals surface area contributed by atoms with E-state index in [1.165, 1.54) is 18.7 Å². The van der Waals surface area contributed by atoms with E-state index in [0.29, 0.717) is 13.1 Å². The molecule has 1 aliphatic heterocycles. The summed E-state index contributed by atoms with van der Waals surface area (Å²) < 4.78 is 0. The van der Waals surface area contributed by atoms with Gasteiger partial charge in [0.25, 0.3) is 0 Å². The molecule has 0 saturated carbocycles. The lowest BCUT2D eigenvalue weighted by Gasteiger charge is -2.45. The van der Waals surface area contributed by atoms with Crippen LogP contribution in [0.1, 0.15) is 26.7 Å². The Morgan fingerprint density at radius 3 is 2.00 bits per heavy atom. The van der Waals surface area contributed by atoms with Crippen LogP contribution in [0.5, 0.6) is 0 Å². The molecule has 1 rings (SSSR count). The molecule has 0 spiro atoms. The highest BCUT2D eigenvalue weighted by Gasteiger charge is 2.50. The number of carbonyl (C=O) groups excluding carboxylic acids is 1. The van der Waals surface area contributed by atoms with Gasteiger partial charge in [-0.2, -0.15) is 0 Å². The Labute approximate surface area is 107 Å². The predicted octanol–water partition coefficient (Wildman–Crippen LogP) is 0.606. The van der Waals surface area contributed by atoms with E-state index in [9.17, 15) is 19.8 Å². The van der Waals surface area contributed by atoms with E-state index < -0.39 is 17.0 Å². The first-order chi connectivity index (χ1) is 8.12. The Morgan fingerprint density at radius 2 is 1.67 bits per heavy atom. The van der Waals surface area contributed by atoms with Gasteiger partial charge in [0.15, 0.2) is 0 Å². The SMILES string of the molecule is CN(C)C(=O)N1CCC(O)(C(C)(C)C(=O)O)CC1. The van der Waals surface area contributed by atoms with Crippen LogP contribution in [0.15, 0.2) is 0 Å². The minimum absolute atomic E-state index is 0.106. The summed E-state index contributed by atoms with van der Waals surface area (Å²) in [6.45, 7) is 3.81. The minimum atomic E-state index is -1.26.